The number of carbonyl (C=O) groups is 2. The Morgan fingerprint density at radius 2 is 1.89 bits per heavy atom. The Morgan fingerprint density at radius 3 is 2.66 bits per heavy atom. The van der Waals surface area contributed by atoms with E-state index < -0.39 is 5.91 Å². The number of H-pyrrole nitrogens is 1. The van der Waals surface area contributed by atoms with Crippen LogP contribution >= 0.6 is 11.6 Å². The molecule has 4 aromatic rings. The van der Waals surface area contributed by atoms with E-state index in [2.05, 4.69) is 20.5 Å². The van der Waals surface area contributed by atoms with Crippen molar-refractivity contribution >= 4 is 40.3 Å². The molecule has 0 saturated carbocycles. The Labute approximate surface area is 205 Å². The van der Waals surface area contributed by atoms with Gasteiger partial charge >= 0.3 is 0 Å². The van der Waals surface area contributed by atoms with Gasteiger partial charge in [-0.25, -0.2) is 14.9 Å². The molecule has 0 fully saturated rings. The van der Waals surface area contributed by atoms with E-state index in [0.29, 0.717) is 47.8 Å². The normalized spacial score (nSPS) is 11.1. The van der Waals surface area contributed by atoms with Crippen LogP contribution in [0.5, 0.6) is 0 Å². The zero-order valence-electron chi connectivity index (χ0n) is 18.7. The van der Waals surface area contributed by atoms with Crippen LogP contribution < -0.4 is 10.8 Å². The number of hydrogen-bond donors (Lipinski definition) is 4. The molecule has 4 rings (SSSR count). The van der Waals surface area contributed by atoms with Crippen LogP contribution in [-0.4, -0.2) is 36.8 Å². The fourth-order valence-electron chi connectivity index (χ4n) is 3.75. The summed E-state index contributed by atoms with van der Waals surface area (Å²) in [7, 11) is 0. The highest BCUT2D eigenvalue weighted by Crippen LogP contribution is 2.26. The molecule has 0 aliphatic rings. The number of rotatable bonds is 10. The maximum atomic E-state index is 14.3. The third-order valence-corrected chi connectivity index (χ3v) is 5.95. The first-order chi connectivity index (χ1) is 16.9. The molecule has 2 heterocycles. The van der Waals surface area contributed by atoms with E-state index in [4.69, 9.17) is 16.8 Å². The number of aromatic nitrogens is 4. The lowest BCUT2D eigenvalue weighted by Gasteiger charge is -2.08. The maximum Gasteiger partial charge on any atom is 0.243 e. The zero-order chi connectivity index (χ0) is 24.8. The number of imidazole rings is 1. The lowest BCUT2D eigenvalue weighted by molar-refractivity contribution is -0.129. The van der Waals surface area contributed by atoms with Gasteiger partial charge in [-0.1, -0.05) is 30.2 Å². The molecular weight excluding hydrogens is 475 g/mol. The smallest absolute Gasteiger partial charge is 0.243 e. The van der Waals surface area contributed by atoms with Gasteiger partial charge in [0.15, 0.2) is 5.82 Å². The van der Waals surface area contributed by atoms with Gasteiger partial charge < -0.3 is 9.88 Å². The first-order valence-corrected chi connectivity index (χ1v) is 11.5. The van der Waals surface area contributed by atoms with Crippen LogP contribution in [0.2, 0.25) is 5.02 Å². The van der Waals surface area contributed by atoms with Crippen LogP contribution in [0, 0.1) is 5.82 Å². The molecule has 4 N–H and O–H groups in total. The van der Waals surface area contributed by atoms with Crippen LogP contribution in [0.15, 0.2) is 48.8 Å². The second kappa shape index (κ2) is 11.1. The summed E-state index contributed by atoms with van der Waals surface area (Å²) >= 11 is 6.19. The average molecular weight is 499 g/mol. The molecular formula is C24H24ClFN6O3. The Morgan fingerprint density at radius 1 is 1.09 bits per heavy atom. The van der Waals surface area contributed by atoms with Crippen molar-refractivity contribution in [1.82, 2.24) is 25.2 Å². The van der Waals surface area contributed by atoms with Crippen molar-refractivity contribution < 1.29 is 19.2 Å². The maximum absolute atomic E-state index is 14.3. The number of unbranched alkanes of at least 4 members (excludes halogenated alkanes) is 2. The molecule has 0 atom stereocenters. The molecule has 0 spiro atoms. The summed E-state index contributed by atoms with van der Waals surface area (Å²) in [6.07, 6.45) is 4.07. The number of aromatic amines is 1. The molecule has 2 aromatic carbocycles. The van der Waals surface area contributed by atoms with Gasteiger partial charge in [-0.15, -0.1) is 0 Å². The quantitative estimate of drug-likeness (QED) is 0.144. The van der Waals surface area contributed by atoms with Crippen molar-refractivity contribution in [2.75, 3.05) is 5.32 Å². The van der Waals surface area contributed by atoms with Gasteiger partial charge in [0, 0.05) is 35.1 Å². The molecule has 0 aliphatic heterocycles. The Hall–Kier alpha value is -3.76. The van der Waals surface area contributed by atoms with Crippen molar-refractivity contribution in [3.63, 3.8) is 0 Å². The molecule has 2 amide bonds. The van der Waals surface area contributed by atoms with E-state index in [0.717, 1.165) is 16.6 Å². The number of hydrogen-bond acceptors (Lipinski definition) is 5. The highest BCUT2D eigenvalue weighted by molar-refractivity contribution is 6.31. The molecule has 0 unspecified atom stereocenters. The molecule has 0 saturated heterocycles. The zero-order valence-corrected chi connectivity index (χ0v) is 19.5. The molecule has 2 aromatic heterocycles. The lowest BCUT2D eigenvalue weighted by atomic mass is 10.1. The minimum absolute atomic E-state index is 0.176. The number of anilines is 1. The van der Waals surface area contributed by atoms with Gasteiger partial charge in [0.2, 0.25) is 11.8 Å². The summed E-state index contributed by atoms with van der Waals surface area (Å²) in [5.41, 5.74) is 5.06. The predicted octanol–water partition coefficient (Wildman–Crippen LogP) is 4.66. The van der Waals surface area contributed by atoms with Crippen LogP contribution in [0.1, 0.15) is 37.7 Å². The number of amides is 2. The number of nitrogens with zero attached hydrogens (tertiary/aromatic N) is 3. The minimum atomic E-state index is -0.434. The van der Waals surface area contributed by atoms with E-state index in [9.17, 15) is 14.0 Å². The summed E-state index contributed by atoms with van der Waals surface area (Å²) in [4.78, 5) is 27.6. The second-order valence-electron chi connectivity index (χ2n) is 8.09. The van der Waals surface area contributed by atoms with Crippen molar-refractivity contribution in [3.05, 3.63) is 65.2 Å². The SMILES string of the molecule is O=C(CCCCCC(=O)Nc1cc(-c2ccc3ncn(Cc4c(F)cccc4Cl)c3c2)[nH]n1)NO. The van der Waals surface area contributed by atoms with Crippen LogP contribution in [-0.2, 0) is 16.1 Å². The largest absolute Gasteiger partial charge is 0.326 e. The Bertz CT molecular complexity index is 1330. The fourth-order valence-corrected chi connectivity index (χ4v) is 3.97. The monoisotopic (exact) mass is 498 g/mol. The van der Waals surface area contributed by atoms with E-state index >= 15 is 0 Å². The highest BCUT2D eigenvalue weighted by atomic mass is 35.5. The summed E-state index contributed by atoms with van der Waals surface area (Å²) in [6.45, 7) is 0.237. The third-order valence-electron chi connectivity index (χ3n) is 5.60. The number of halogens is 2. The molecule has 11 heteroatoms. The van der Waals surface area contributed by atoms with Gasteiger partial charge in [0.25, 0.3) is 0 Å². The minimum Gasteiger partial charge on any atom is -0.326 e. The van der Waals surface area contributed by atoms with Crippen molar-refractivity contribution in [2.45, 2.75) is 38.6 Å². The summed E-state index contributed by atoms with van der Waals surface area (Å²) < 4.78 is 16.1. The van der Waals surface area contributed by atoms with Crippen LogP contribution in [0.25, 0.3) is 22.3 Å². The van der Waals surface area contributed by atoms with E-state index in [1.807, 2.05) is 22.8 Å². The number of benzene rings is 2. The highest BCUT2D eigenvalue weighted by Gasteiger charge is 2.13. The summed E-state index contributed by atoms with van der Waals surface area (Å²) in [5.74, 6) is -0.586. The van der Waals surface area contributed by atoms with Gasteiger partial charge in [0.05, 0.1) is 29.6 Å². The molecule has 9 nitrogen and oxygen atoms in total. The molecule has 35 heavy (non-hydrogen) atoms. The van der Waals surface area contributed by atoms with E-state index in [1.165, 1.54) is 6.07 Å². The Kier molecular flexibility index (Phi) is 7.74. The standard InChI is InChI=1S/C24H24ClFN6O3/c25-17-5-4-6-18(26)16(17)13-32-14-27-19-10-9-15(11-21(19)32)20-12-22(30-29-20)28-23(33)7-2-1-3-8-24(34)31-35/h4-6,9-12,14,35H,1-3,7-8,13H2,(H,31,34)(H2,28,29,30,33). The van der Waals surface area contributed by atoms with E-state index in [1.54, 1.807) is 30.0 Å². The van der Waals surface area contributed by atoms with Gasteiger partial charge in [0.1, 0.15) is 5.82 Å². The van der Waals surface area contributed by atoms with Gasteiger partial charge in [-0.05, 0) is 37.1 Å². The number of nitrogens with one attached hydrogen (secondary N) is 3. The lowest BCUT2D eigenvalue weighted by Crippen LogP contribution is -2.17. The molecule has 182 valence electrons. The van der Waals surface area contributed by atoms with Crippen LogP contribution in [0.3, 0.4) is 0 Å². The number of fused-ring (bicyclic) bond motifs is 1. The van der Waals surface area contributed by atoms with Gasteiger partial charge in [-0.3, -0.25) is 19.9 Å². The second-order valence-corrected chi connectivity index (χ2v) is 8.49. The summed E-state index contributed by atoms with van der Waals surface area (Å²) in [5, 5.41) is 18.7. The van der Waals surface area contributed by atoms with Crippen LogP contribution in [0.4, 0.5) is 10.2 Å². The van der Waals surface area contributed by atoms with Crippen molar-refractivity contribution in [1.29, 1.82) is 0 Å². The average Bonchev–Trinajstić information content (AvgIpc) is 3.47. The third kappa shape index (κ3) is 6.03. The van der Waals surface area contributed by atoms with Crippen molar-refractivity contribution in [3.8, 4) is 11.3 Å². The molecule has 0 radical (unpaired) electrons. The number of carbonyl (C=O) groups excluding carboxylic acids is 2. The Balaban J connectivity index is 1.40. The molecule has 0 bridgehead atoms. The van der Waals surface area contributed by atoms with Gasteiger partial charge in [-0.2, -0.15) is 5.10 Å². The first kappa shape index (κ1) is 24.4. The van der Waals surface area contributed by atoms with E-state index in [-0.39, 0.29) is 24.7 Å². The predicted molar refractivity (Wildman–Crippen MR) is 129 cm³/mol. The fraction of sp³-hybridized carbons (Fsp3) is 0.250. The van der Waals surface area contributed by atoms with Crippen molar-refractivity contribution in [2.24, 2.45) is 0 Å². The first-order valence-electron chi connectivity index (χ1n) is 11.1. The topological polar surface area (TPSA) is 125 Å². The summed E-state index contributed by atoms with van der Waals surface area (Å²) in [6, 6.07) is 12.0. The molecule has 0 aliphatic carbocycles. The number of hydroxylamine groups is 1.